The van der Waals surface area contributed by atoms with Crippen molar-refractivity contribution in [2.24, 2.45) is 10.7 Å². The smallest absolute Gasteiger partial charge is 0.248 e. The van der Waals surface area contributed by atoms with Gasteiger partial charge in [0.1, 0.15) is 17.1 Å². The molecule has 1 aromatic carbocycles. The van der Waals surface area contributed by atoms with Gasteiger partial charge in [-0.15, -0.1) is 0 Å². The molecule has 0 aliphatic carbocycles. The van der Waals surface area contributed by atoms with Gasteiger partial charge in [0.05, 0.1) is 12.3 Å². The molecule has 1 amide bonds. The molecule has 0 spiro atoms. The van der Waals surface area contributed by atoms with E-state index in [9.17, 15) is 4.79 Å². The number of ether oxygens (including phenoxy) is 1. The molecule has 126 valence electrons. The summed E-state index contributed by atoms with van der Waals surface area (Å²) in [6, 6.07) is 5.05. The van der Waals surface area contributed by atoms with Crippen molar-refractivity contribution in [1.29, 1.82) is 5.41 Å². The van der Waals surface area contributed by atoms with Gasteiger partial charge in [-0.1, -0.05) is 11.8 Å². The normalized spacial score (nSPS) is 17.5. The quantitative estimate of drug-likeness (QED) is 0.543. The maximum atomic E-state index is 11.3. The summed E-state index contributed by atoms with van der Waals surface area (Å²) in [5, 5.41) is 13.3. The Balaban J connectivity index is 2.40. The third-order valence-corrected chi connectivity index (χ3v) is 4.40. The number of hydrogen-bond acceptors (Lipinski definition) is 5. The minimum absolute atomic E-state index is 0.396. The zero-order valence-corrected chi connectivity index (χ0v) is 14.7. The van der Waals surface area contributed by atoms with Gasteiger partial charge in [-0.25, -0.2) is 4.99 Å². The molecule has 4 N–H and O–H groups in total. The average Bonchev–Trinajstić information content (AvgIpc) is 2.90. The van der Waals surface area contributed by atoms with E-state index in [1.165, 1.54) is 11.8 Å². The number of nitrogens with one attached hydrogen (secondary N) is 2. The number of rotatable bonds is 6. The molecule has 0 radical (unpaired) electrons. The fraction of sp³-hybridized carbons (Fsp3) is 0.235. The topological polar surface area (TPSA) is 101 Å². The molecule has 7 heteroatoms. The van der Waals surface area contributed by atoms with Crippen molar-refractivity contribution in [3.05, 3.63) is 46.0 Å². The van der Waals surface area contributed by atoms with Gasteiger partial charge in [-0.05, 0) is 50.0 Å². The number of hydrogen-bond donors (Lipinski definition) is 3. The Labute approximate surface area is 145 Å². The zero-order valence-electron chi connectivity index (χ0n) is 13.8. The predicted octanol–water partition coefficient (Wildman–Crippen LogP) is 3.53. The molecule has 6 nitrogen and oxygen atoms in total. The van der Waals surface area contributed by atoms with Gasteiger partial charge in [0, 0.05) is 16.8 Å². The van der Waals surface area contributed by atoms with Crippen LogP contribution in [0.3, 0.4) is 0 Å². The first-order chi connectivity index (χ1) is 11.5. The van der Waals surface area contributed by atoms with Gasteiger partial charge >= 0.3 is 0 Å². The fourth-order valence-electron chi connectivity index (χ4n) is 2.36. The molecule has 1 aromatic rings. The fourth-order valence-corrected chi connectivity index (χ4v) is 3.31. The first-order valence-electron chi connectivity index (χ1n) is 7.43. The summed E-state index contributed by atoms with van der Waals surface area (Å²) < 4.78 is 5.61. The van der Waals surface area contributed by atoms with Crippen LogP contribution in [0.4, 0.5) is 5.69 Å². The number of allylic oxidation sites excluding steroid dienone is 2. The number of nitrogens with zero attached hydrogens (tertiary/aromatic N) is 1. The van der Waals surface area contributed by atoms with Gasteiger partial charge in [0.15, 0.2) is 0 Å². The minimum atomic E-state index is -0.496. The van der Waals surface area contributed by atoms with Crippen LogP contribution in [0.5, 0.6) is 5.75 Å². The lowest BCUT2D eigenvalue weighted by Gasteiger charge is -2.16. The second-order valence-electron chi connectivity index (χ2n) is 5.12. The van der Waals surface area contributed by atoms with Gasteiger partial charge < -0.3 is 15.8 Å². The molecular formula is C17H20N4O2S. The molecule has 0 atom stereocenters. The van der Waals surface area contributed by atoms with E-state index in [1.54, 1.807) is 18.2 Å². The van der Waals surface area contributed by atoms with Crippen molar-refractivity contribution in [2.75, 3.05) is 11.9 Å². The molecule has 0 bridgehead atoms. The van der Waals surface area contributed by atoms with E-state index in [0.29, 0.717) is 17.9 Å². The zero-order chi connectivity index (χ0) is 17.7. The maximum Gasteiger partial charge on any atom is 0.248 e. The number of amides is 1. The lowest BCUT2D eigenvalue weighted by molar-refractivity contribution is 0.1000. The number of carbonyl (C=O) groups excluding carboxylic acids is 1. The van der Waals surface area contributed by atoms with Crippen LogP contribution in [0.2, 0.25) is 0 Å². The van der Waals surface area contributed by atoms with Crippen LogP contribution in [0.1, 0.15) is 31.1 Å². The Bertz CT molecular complexity index is 766. The number of nitrogens with two attached hydrogens (primary N) is 1. The van der Waals surface area contributed by atoms with Crippen molar-refractivity contribution in [1.82, 2.24) is 0 Å². The van der Waals surface area contributed by atoms with Crippen LogP contribution < -0.4 is 15.8 Å². The summed E-state index contributed by atoms with van der Waals surface area (Å²) in [5.41, 5.74) is 9.40. The van der Waals surface area contributed by atoms with Crippen molar-refractivity contribution in [3.63, 3.8) is 0 Å². The Morgan fingerprint density at radius 3 is 2.88 bits per heavy atom. The number of thioether (sulfide) groups is 1. The summed E-state index contributed by atoms with van der Waals surface area (Å²) in [6.45, 7) is 6.29. The van der Waals surface area contributed by atoms with Crippen molar-refractivity contribution in [2.45, 2.75) is 20.8 Å². The van der Waals surface area contributed by atoms with Gasteiger partial charge in [0.2, 0.25) is 5.91 Å². The first-order valence-corrected chi connectivity index (χ1v) is 8.31. The van der Waals surface area contributed by atoms with Crippen molar-refractivity contribution < 1.29 is 9.53 Å². The summed E-state index contributed by atoms with van der Waals surface area (Å²) >= 11 is 1.49. The average molecular weight is 344 g/mol. The Morgan fingerprint density at radius 1 is 1.50 bits per heavy atom. The van der Waals surface area contributed by atoms with Gasteiger partial charge in [-0.2, -0.15) is 0 Å². The Hall–Kier alpha value is -2.54. The van der Waals surface area contributed by atoms with E-state index in [0.717, 1.165) is 33.9 Å². The highest BCUT2D eigenvalue weighted by molar-refractivity contribution is 8.17. The monoisotopic (exact) mass is 344 g/mol. The lowest BCUT2D eigenvalue weighted by Crippen LogP contribution is -2.12. The molecule has 0 saturated heterocycles. The minimum Gasteiger partial charge on any atom is -0.492 e. The molecule has 0 unspecified atom stereocenters. The number of aliphatic imine (C=N–C) groups is 1. The van der Waals surface area contributed by atoms with E-state index in [2.05, 4.69) is 10.3 Å². The van der Waals surface area contributed by atoms with E-state index < -0.39 is 5.91 Å². The summed E-state index contributed by atoms with van der Waals surface area (Å²) in [6.07, 6.45) is 1.04. The second kappa shape index (κ2) is 7.83. The van der Waals surface area contributed by atoms with Crippen LogP contribution in [0.15, 0.2) is 45.4 Å². The number of carbonyl (C=O) groups is 1. The highest BCUT2D eigenvalue weighted by Gasteiger charge is 2.20. The Morgan fingerprint density at radius 2 is 2.25 bits per heavy atom. The Kier molecular flexibility index (Phi) is 5.81. The van der Waals surface area contributed by atoms with Crippen molar-refractivity contribution >= 4 is 34.7 Å². The van der Waals surface area contributed by atoms with E-state index in [-0.39, 0.29) is 0 Å². The summed E-state index contributed by atoms with van der Waals surface area (Å²) in [7, 11) is 0. The van der Waals surface area contributed by atoms with Crippen molar-refractivity contribution in [3.8, 4) is 5.75 Å². The molecular weight excluding hydrogens is 324 g/mol. The summed E-state index contributed by atoms with van der Waals surface area (Å²) in [5.74, 6) is 0.0653. The van der Waals surface area contributed by atoms with Crippen LogP contribution in [0.25, 0.3) is 0 Å². The predicted molar refractivity (Wildman–Crippen MR) is 100 cm³/mol. The third-order valence-electron chi connectivity index (χ3n) is 3.40. The molecule has 24 heavy (non-hydrogen) atoms. The summed E-state index contributed by atoms with van der Waals surface area (Å²) in [4.78, 5) is 15.4. The lowest BCUT2D eigenvalue weighted by atomic mass is 10.1. The van der Waals surface area contributed by atoms with Crippen LogP contribution >= 0.6 is 11.8 Å². The molecule has 0 saturated carbocycles. The highest BCUT2D eigenvalue weighted by Crippen LogP contribution is 2.34. The van der Waals surface area contributed by atoms with Crippen LogP contribution in [-0.2, 0) is 0 Å². The molecule has 1 aliphatic heterocycles. The largest absolute Gasteiger partial charge is 0.492 e. The SMILES string of the molecule is CCOc1cc(C(N)=O)ccc1N/C(C)=C1\C(C)=CS\C1=N\C=N. The van der Waals surface area contributed by atoms with Gasteiger partial charge in [0.25, 0.3) is 0 Å². The third kappa shape index (κ3) is 3.86. The van der Waals surface area contributed by atoms with E-state index in [1.807, 2.05) is 26.2 Å². The van der Waals surface area contributed by atoms with E-state index >= 15 is 0 Å². The number of primary amides is 1. The molecule has 2 rings (SSSR count). The highest BCUT2D eigenvalue weighted by atomic mass is 32.2. The standard InChI is InChI=1S/C17H20N4O2S/c1-4-23-14-7-12(16(19)22)5-6-13(14)21-11(3)15-10(2)8-24-17(15)20-9-18/h5-9,18,21H,4H2,1-3H3,(H2,19,22)/b15-11+,18-9?,20-17+. The second-order valence-corrected chi connectivity index (χ2v) is 5.97. The number of anilines is 1. The van der Waals surface area contributed by atoms with Crippen LogP contribution in [-0.4, -0.2) is 23.9 Å². The maximum absolute atomic E-state index is 11.3. The van der Waals surface area contributed by atoms with Crippen LogP contribution in [0, 0.1) is 5.41 Å². The molecule has 1 aliphatic rings. The first kappa shape index (κ1) is 17.8. The number of benzene rings is 1. The molecule has 0 aromatic heterocycles. The van der Waals surface area contributed by atoms with E-state index in [4.69, 9.17) is 15.9 Å². The molecule has 1 heterocycles. The molecule has 0 fully saturated rings. The van der Waals surface area contributed by atoms with Gasteiger partial charge in [-0.3, -0.25) is 10.2 Å².